The van der Waals surface area contributed by atoms with Gasteiger partial charge in [-0.1, -0.05) is 36.0 Å². The summed E-state index contributed by atoms with van der Waals surface area (Å²) in [4.78, 5) is 23.1. The van der Waals surface area contributed by atoms with Crippen LogP contribution in [0.2, 0.25) is 0 Å². The topological polar surface area (TPSA) is 76.5 Å². The van der Waals surface area contributed by atoms with Crippen LogP contribution in [0.1, 0.15) is 16.3 Å². The molecule has 0 unspecified atom stereocenters. The highest BCUT2D eigenvalue weighted by Crippen LogP contribution is 2.32. The van der Waals surface area contributed by atoms with Gasteiger partial charge in [-0.15, -0.1) is 32.9 Å². The number of aryl methyl sites for hydroxylation is 2. The molecule has 0 aliphatic carbocycles. The number of hydrogen-bond acceptors (Lipinski definition) is 7. The van der Waals surface area contributed by atoms with Crippen molar-refractivity contribution in [3.63, 3.8) is 0 Å². The lowest BCUT2D eigenvalue weighted by atomic mass is 10.2. The van der Waals surface area contributed by atoms with Crippen LogP contribution in [0.4, 0.5) is 0 Å². The normalized spacial score (nSPS) is 11.4. The average Bonchev–Trinajstić information content (AvgIpc) is 3.47. The van der Waals surface area contributed by atoms with Crippen LogP contribution >= 0.6 is 34.4 Å². The molecule has 1 N–H and O–H groups in total. The van der Waals surface area contributed by atoms with E-state index in [4.69, 9.17) is 0 Å². The van der Waals surface area contributed by atoms with Gasteiger partial charge in [-0.2, -0.15) is 0 Å². The maximum atomic E-state index is 12.6. The Morgan fingerprint density at radius 3 is 2.70 bits per heavy atom. The molecule has 0 atom stereocenters. The van der Waals surface area contributed by atoms with Gasteiger partial charge in [0.2, 0.25) is 0 Å². The second-order valence-corrected chi connectivity index (χ2v) is 9.81. The van der Waals surface area contributed by atoms with Gasteiger partial charge in [0.05, 0.1) is 16.0 Å². The first-order valence-corrected chi connectivity index (χ1v) is 12.0. The van der Waals surface area contributed by atoms with Crippen LogP contribution in [0.3, 0.4) is 0 Å². The summed E-state index contributed by atoms with van der Waals surface area (Å²) in [6.07, 6.45) is 0. The van der Waals surface area contributed by atoms with Crippen molar-refractivity contribution in [2.24, 2.45) is 0 Å². The molecule has 5 aromatic rings. The number of nitrogens with one attached hydrogen (secondary N) is 1. The number of nitrogens with zero attached hydrogens (tertiary/aromatic N) is 4. The largest absolute Gasteiger partial charge is 0.309 e. The van der Waals surface area contributed by atoms with E-state index in [0.29, 0.717) is 17.0 Å². The number of rotatable bonds is 5. The van der Waals surface area contributed by atoms with Crippen molar-refractivity contribution in [3.8, 4) is 16.4 Å². The van der Waals surface area contributed by atoms with Crippen molar-refractivity contribution < 1.29 is 0 Å². The molecule has 150 valence electrons. The van der Waals surface area contributed by atoms with Gasteiger partial charge in [-0.05, 0) is 43.0 Å². The van der Waals surface area contributed by atoms with Crippen molar-refractivity contribution in [1.29, 1.82) is 0 Å². The molecule has 4 aromatic heterocycles. The van der Waals surface area contributed by atoms with Crippen molar-refractivity contribution in [2.75, 3.05) is 0 Å². The molecule has 30 heavy (non-hydrogen) atoms. The Hall–Kier alpha value is -2.75. The van der Waals surface area contributed by atoms with Crippen LogP contribution in [-0.4, -0.2) is 24.7 Å². The van der Waals surface area contributed by atoms with E-state index in [2.05, 4.69) is 20.2 Å². The van der Waals surface area contributed by atoms with Crippen molar-refractivity contribution in [2.45, 2.75) is 24.8 Å². The molecular weight excluding hydrogens is 434 g/mol. The number of para-hydroxylation sites is 1. The first-order chi connectivity index (χ1) is 14.6. The molecule has 1 aromatic carbocycles. The number of benzene rings is 1. The molecular formula is C21H17N5OS3. The third-order valence-corrected chi connectivity index (χ3v) is 7.72. The van der Waals surface area contributed by atoms with Gasteiger partial charge in [0.1, 0.15) is 10.7 Å². The maximum absolute atomic E-state index is 12.6. The SMILES string of the molecule is Cc1sc2nc(CSc3nnc(-c4cccs4)n3-c3ccccc3)[nH]c(=O)c2c1C. The fraction of sp³-hybridized carbons (Fsp3) is 0.143. The van der Waals surface area contributed by atoms with Gasteiger partial charge in [-0.3, -0.25) is 9.36 Å². The first-order valence-electron chi connectivity index (χ1n) is 9.28. The predicted octanol–water partition coefficient (Wildman–Crippen LogP) is 5.20. The Morgan fingerprint density at radius 1 is 1.10 bits per heavy atom. The lowest BCUT2D eigenvalue weighted by molar-refractivity contribution is 0.884. The number of thiophene rings is 2. The van der Waals surface area contributed by atoms with E-state index in [1.165, 1.54) is 11.8 Å². The third-order valence-electron chi connectivity index (χ3n) is 4.82. The Balaban J connectivity index is 1.51. The second kappa shape index (κ2) is 7.82. The third kappa shape index (κ3) is 3.38. The highest BCUT2D eigenvalue weighted by atomic mass is 32.2. The number of thioether (sulfide) groups is 1. The zero-order valence-electron chi connectivity index (χ0n) is 16.2. The first kappa shape index (κ1) is 19.2. The van der Waals surface area contributed by atoms with E-state index in [9.17, 15) is 4.79 Å². The second-order valence-electron chi connectivity index (χ2n) is 6.72. The Bertz CT molecular complexity index is 1380. The summed E-state index contributed by atoms with van der Waals surface area (Å²) in [5, 5.41) is 12.4. The number of hydrogen-bond donors (Lipinski definition) is 1. The molecule has 0 aliphatic rings. The number of aromatic nitrogens is 5. The zero-order chi connectivity index (χ0) is 20.7. The lowest BCUT2D eigenvalue weighted by Crippen LogP contribution is -2.11. The van der Waals surface area contributed by atoms with E-state index < -0.39 is 0 Å². The number of aromatic amines is 1. The minimum atomic E-state index is -0.0822. The van der Waals surface area contributed by atoms with Gasteiger partial charge >= 0.3 is 0 Å². The molecule has 0 bridgehead atoms. The van der Waals surface area contributed by atoms with Gasteiger partial charge in [0, 0.05) is 10.6 Å². The maximum Gasteiger partial charge on any atom is 0.259 e. The van der Waals surface area contributed by atoms with Crippen LogP contribution in [0, 0.1) is 13.8 Å². The summed E-state index contributed by atoms with van der Waals surface area (Å²) in [5.41, 5.74) is 1.92. The summed E-state index contributed by atoms with van der Waals surface area (Å²) in [7, 11) is 0. The quantitative estimate of drug-likeness (QED) is 0.372. The van der Waals surface area contributed by atoms with E-state index in [0.717, 1.165) is 36.8 Å². The van der Waals surface area contributed by atoms with Crippen LogP contribution < -0.4 is 5.56 Å². The average molecular weight is 452 g/mol. The highest BCUT2D eigenvalue weighted by molar-refractivity contribution is 7.98. The monoisotopic (exact) mass is 451 g/mol. The van der Waals surface area contributed by atoms with E-state index in [-0.39, 0.29) is 5.56 Å². The van der Waals surface area contributed by atoms with Crippen molar-refractivity contribution in [3.05, 3.63) is 74.5 Å². The van der Waals surface area contributed by atoms with Crippen LogP contribution in [0.15, 0.2) is 57.8 Å². The molecule has 5 rings (SSSR count). The van der Waals surface area contributed by atoms with Gasteiger partial charge < -0.3 is 4.98 Å². The summed E-state index contributed by atoms with van der Waals surface area (Å²) in [5.74, 6) is 1.94. The molecule has 9 heteroatoms. The van der Waals surface area contributed by atoms with Gasteiger partial charge in [-0.25, -0.2) is 4.98 Å². The molecule has 0 amide bonds. The number of fused-ring (bicyclic) bond motifs is 1. The molecule has 0 saturated carbocycles. The van der Waals surface area contributed by atoms with Crippen LogP contribution in [-0.2, 0) is 5.75 Å². The van der Waals surface area contributed by atoms with Crippen molar-refractivity contribution >= 4 is 44.7 Å². The minimum Gasteiger partial charge on any atom is -0.309 e. The van der Waals surface area contributed by atoms with E-state index in [1.807, 2.05) is 66.3 Å². The Kier molecular flexibility index (Phi) is 5.01. The lowest BCUT2D eigenvalue weighted by Gasteiger charge is -2.09. The smallest absolute Gasteiger partial charge is 0.259 e. The fourth-order valence-corrected chi connectivity index (χ4v) is 5.81. The zero-order valence-corrected chi connectivity index (χ0v) is 18.7. The fourth-order valence-electron chi connectivity index (χ4n) is 3.24. The van der Waals surface area contributed by atoms with E-state index in [1.54, 1.807) is 22.7 Å². The van der Waals surface area contributed by atoms with Crippen molar-refractivity contribution in [1.82, 2.24) is 24.7 Å². The minimum absolute atomic E-state index is 0.0822. The molecule has 0 saturated heterocycles. The van der Waals surface area contributed by atoms with Gasteiger partial charge in [0.15, 0.2) is 11.0 Å². The molecule has 4 heterocycles. The standard InChI is InChI=1S/C21H17N5OS3/c1-12-13(2)30-20-17(12)19(27)22-16(23-20)11-29-21-25-24-18(15-9-6-10-28-15)26(21)14-7-4-3-5-8-14/h3-10H,11H2,1-2H3,(H,22,23,27). The Morgan fingerprint density at radius 2 is 1.93 bits per heavy atom. The van der Waals surface area contributed by atoms with E-state index >= 15 is 0 Å². The molecule has 0 radical (unpaired) electrons. The predicted molar refractivity (Wildman–Crippen MR) is 124 cm³/mol. The molecule has 6 nitrogen and oxygen atoms in total. The summed E-state index contributed by atoms with van der Waals surface area (Å²) < 4.78 is 2.05. The summed E-state index contributed by atoms with van der Waals surface area (Å²) in [6.45, 7) is 3.98. The summed E-state index contributed by atoms with van der Waals surface area (Å²) in [6, 6.07) is 14.1. The number of H-pyrrole nitrogens is 1. The Labute approximate surface area is 184 Å². The summed E-state index contributed by atoms with van der Waals surface area (Å²) >= 11 is 4.69. The van der Waals surface area contributed by atoms with Crippen LogP contribution in [0.25, 0.3) is 26.6 Å². The highest BCUT2D eigenvalue weighted by Gasteiger charge is 2.18. The molecule has 0 aliphatic heterocycles. The molecule has 0 fully saturated rings. The van der Waals surface area contributed by atoms with Gasteiger partial charge in [0.25, 0.3) is 5.56 Å². The molecule has 0 spiro atoms. The van der Waals surface area contributed by atoms with Crippen LogP contribution in [0.5, 0.6) is 0 Å².